The van der Waals surface area contributed by atoms with Crippen molar-refractivity contribution in [1.29, 1.82) is 0 Å². The highest BCUT2D eigenvalue weighted by atomic mass is 16.5. The maximum Gasteiger partial charge on any atom is 0.305 e. The molecular formula is C28H38O8. The predicted molar refractivity (Wildman–Crippen MR) is 134 cm³/mol. The van der Waals surface area contributed by atoms with Crippen LogP contribution in [0.3, 0.4) is 0 Å². The molecule has 1 aliphatic rings. The summed E-state index contributed by atoms with van der Waals surface area (Å²) in [6.45, 7) is 4.86. The van der Waals surface area contributed by atoms with E-state index in [0.29, 0.717) is 103 Å². The van der Waals surface area contributed by atoms with Crippen molar-refractivity contribution in [2.24, 2.45) is 0 Å². The first kappa shape index (κ1) is 32.6. The second-order valence-electron chi connectivity index (χ2n) is 7.50. The normalized spacial score (nSPS) is 13.6. The van der Waals surface area contributed by atoms with Crippen LogP contribution in [-0.2, 0) is 38.1 Å². The van der Waals surface area contributed by atoms with Gasteiger partial charge in [-0.3, -0.25) is 19.2 Å². The number of hydrogen-bond donors (Lipinski definition) is 0. The lowest BCUT2D eigenvalue weighted by molar-refractivity contribution is -0.145. The molecule has 0 N–H and O–H groups in total. The summed E-state index contributed by atoms with van der Waals surface area (Å²) in [5, 5.41) is 0. The fourth-order valence-electron chi connectivity index (χ4n) is 2.66. The summed E-state index contributed by atoms with van der Waals surface area (Å²) >= 11 is 0. The molecule has 0 unspecified atom stereocenters. The standard InChI is InChI=1S/C16H22O4.C12H16O4/c1-3-5-9-13-19-15(17)11-7-8-12-16(18)20-14-10-6-4-2;13-11-7-3-4-8-12(14)16-10-6-2-1-5-9-15-11/h7-14H2,1-2H3;3-10H2. The smallest absolute Gasteiger partial charge is 0.305 e. The number of ether oxygens (including phenoxy) is 4. The Kier molecular flexibility index (Phi) is 22.3. The van der Waals surface area contributed by atoms with Gasteiger partial charge in [0.25, 0.3) is 0 Å². The first-order chi connectivity index (χ1) is 17.5. The molecule has 198 valence electrons. The first-order valence-corrected chi connectivity index (χ1v) is 12.4. The highest BCUT2D eigenvalue weighted by Crippen LogP contribution is 2.04. The Labute approximate surface area is 215 Å². The van der Waals surface area contributed by atoms with E-state index < -0.39 is 0 Å². The van der Waals surface area contributed by atoms with Crippen LogP contribution in [-0.4, -0.2) is 50.3 Å². The summed E-state index contributed by atoms with van der Waals surface area (Å²) in [6.07, 6.45) is 6.18. The Hall–Kier alpha value is -3.44. The molecule has 1 heterocycles. The average Bonchev–Trinajstić information content (AvgIpc) is 2.86. The minimum atomic E-state index is -0.241. The fourth-order valence-corrected chi connectivity index (χ4v) is 2.66. The average molecular weight is 503 g/mol. The van der Waals surface area contributed by atoms with Crippen LogP contribution < -0.4 is 0 Å². The number of hydrogen-bond acceptors (Lipinski definition) is 8. The Morgan fingerprint density at radius 1 is 0.778 bits per heavy atom. The van der Waals surface area contributed by atoms with Gasteiger partial charge in [-0.15, -0.1) is 23.7 Å². The van der Waals surface area contributed by atoms with Crippen molar-refractivity contribution >= 4 is 23.9 Å². The summed E-state index contributed by atoms with van der Waals surface area (Å²) in [7, 11) is 0. The zero-order valence-corrected chi connectivity index (χ0v) is 21.6. The zero-order chi connectivity index (χ0) is 26.7. The molecule has 0 aromatic carbocycles. The maximum atomic E-state index is 11.3. The van der Waals surface area contributed by atoms with Crippen LogP contribution >= 0.6 is 0 Å². The van der Waals surface area contributed by atoms with Gasteiger partial charge in [0, 0.05) is 51.4 Å². The lowest BCUT2D eigenvalue weighted by Gasteiger charge is -2.04. The van der Waals surface area contributed by atoms with Gasteiger partial charge in [0.2, 0.25) is 0 Å². The molecule has 0 saturated carbocycles. The van der Waals surface area contributed by atoms with E-state index in [1.54, 1.807) is 13.8 Å². The number of carbonyl (C=O) groups excluding carboxylic acids is 4. The van der Waals surface area contributed by atoms with E-state index in [1.165, 1.54) is 0 Å². The molecule has 36 heavy (non-hydrogen) atoms. The summed E-state index contributed by atoms with van der Waals surface area (Å²) in [5.41, 5.74) is 0. The summed E-state index contributed by atoms with van der Waals surface area (Å²) in [5.74, 6) is 15.9. The Balaban J connectivity index is 0.000000696. The van der Waals surface area contributed by atoms with E-state index in [0.717, 1.165) is 0 Å². The molecule has 0 aliphatic carbocycles. The van der Waals surface area contributed by atoms with Crippen LogP contribution in [0.4, 0.5) is 0 Å². The molecule has 0 bridgehead atoms. The molecule has 0 fully saturated rings. The SMILES string of the molecule is CC#CCCOC(=O)CCCCC(=O)OCCC#CC.O=C1CCCCC(=O)OCCC#CCCO1. The van der Waals surface area contributed by atoms with Crippen LogP contribution in [0.25, 0.3) is 0 Å². The van der Waals surface area contributed by atoms with Crippen molar-refractivity contribution in [3.05, 3.63) is 0 Å². The third-order valence-corrected chi connectivity index (χ3v) is 4.46. The van der Waals surface area contributed by atoms with Crippen molar-refractivity contribution in [2.45, 2.75) is 90.9 Å². The van der Waals surface area contributed by atoms with Gasteiger partial charge in [0.15, 0.2) is 0 Å². The second kappa shape index (κ2) is 24.7. The molecule has 0 saturated heterocycles. The minimum Gasteiger partial charge on any atom is -0.465 e. The van der Waals surface area contributed by atoms with Crippen LogP contribution in [0.5, 0.6) is 0 Å². The minimum absolute atomic E-state index is 0.216. The van der Waals surface area contributed by atoms with Gasteiger partial charge in [-0.25, -0.2) is 0 Å². The van der Waals surface area contributed by atoms with E-state index >= 15 is 0 Å². The molecular weight excluding hydrogens is 464 g/mol. The van der Waals surface area contributed by atoms with Crippen molar-refractivity contribution in [1.82, 2.24) is 0 Å². The fraction of sp³-hybridized carbons (Fsp3) is 0.643. The highest BCUT2D eigenvalue weighted by Gasteiger charge is 2.07. The lowest BCUT2D eigenvalue weighted by atomic mass is 10.2. The van der Waals surface area contributed by atoms with Crippen molar-refractivity contribution in [3.8, 4) is 35.5 Å². The number of esters is 4. The molecule has 8 heteroatoms. The second-order valence-corrected chi connectivity index (χ2v) is 7.50. The Morgan fingerprint density at radius 2 is 1.19 bits per heavy atom. The summed E-state index contributed by atoms with van der Waals surface area (Å²) < 4.78 is 19.9. The van der Waals surface area contributed by atoms with Crippen molar-refractivity contribution in [3.63, 3.8) is 0 Å². The van der Waals surface area contributed by atoms with Crippen LogP contribution in [0.1, 0.15) is 90.9 Å². The van der Waals surface area contributed by atoms with Crippen LogP contribution in [0.15, 0.2) is 0 Å². The largest absolute Gasteiger partial charge is 0.465 e. The van der Waals surface area contributed by atoms with Crippen molar-refractivity contribution in [2.75, 3.05) is 26.4 Å². The molecule has 0 spiro atoms. The van der Waals surface area contributed by atoms with E-state index in [4.69, 9.17) is 18.9 Å². The number of carbonyl (C=O) groups is 4. The van der Waals surface area contributed by atoms with E-state index in [-0.39, 0.29) is 23.9 Å². The van der Waals surface area contributed by atoms with E-state index in [1.807, 2.05) is 0 Å². The number of cyclic esters (lactones) is 2. The highest BCUT2D eigenvalue weighted by molar-refractivity contribution is 5.71. The quantitative estimate of drug-likeness (QED) is 0.202. The van der Waals surface area contributed by atoms with Crippen LogP contribution in [0, 0.1) is 35.5 Å². The maximum absolute atomic E-state index is 11.3. The van der Waals surface area contributed by atoms with Gasteiger partial charge in [0.05, 0.1) is 0 Å². The zero-order valence-electron chi connectivity index (χ0n) is 21.6. The molecule has 0 amide bonds. The third kappa shape index (κ3) is 23.7. The third-order valence-electron chi connectivity index (χ3n) is 4.46. The van der Waals surface area contributed by atoms with Gasteiger partial charge >= 0.3 is 23.9 Å². The van der Waals surface area contributed by atoms with Gasteiger partial charge < -0.3 is 18.9 Å². The van der Waals surface area contributed by atoms with E-state index in [9.17, 15) is 19.2 Å². The summed E-state index contributed by atoms with van der Waals surface area (Å²) in [6, 6.07) is 0. The molecule has 0 aromatic rings. The molecule has 0 aromatic heterocycles. The van der Waals surface area contributed by atoms with Gasteiger partial charge in [-0.1, -0.05) is 11.8 Å². The first-order valence-electron chi connectivity index (χ1n) is 12.4. The Bertz CT molecular complexity index is 774. The predicted octanol–water partition coefficient (Wildman–Crippen LogP) is 3.89. The van der Waals surface area contributed by atoms with Gasteiger partial charge in [-0.2, -0.15) is 0 Å². The van der Waals surface area contributed by atoms with Gasteiger partial charge in [0.1, 0.15) is 26.4 Å². The number of unbranched alkanes of at least 4 members (excludes halogenated alkanes) is 1. The lowest BCUT2D eigenvalue weighted by Crippen LogP contribution is -2.08. The Morgan fingerprint density at radius 3 is 1.58 bits per heavy atom. The topological polar surface area (TPSA) is 105 Å². The summed E-state index contributed by atoms with van der Waals surface area (Å²) in [4.78, 5) is 44.9. The monoisotopic (exact) mass is 502 g/mol. The van der Waals surface area contributed by atoms with Crippen LogP contribution in [0.2, 0.25) is 0 Å². The molecule has 1 rings (SSSR count). The molecule has 1 aliphatic heterocycles. The molecule has 0 atom stereocenters. The van der Waals surface area contributed by atoms with Crippen molar-refractivity contribution < 1.29 is 38.1 Å². The van der Waals surface area contributed by atoms with E-state index in [2.05, 4.69) is 35.5 Å². The number of rotatable bonds is 9. The molecule has 0 radical (unpaired) electrons. The molecule has 8 nitrogen and oxygen atoms in total. The van der Waals surface area contributed by atoms with Gasteiger partial charge in [-0.05, 0) is 39.5 Å².